The molecule has 158 valence electrons. The summed E-state index contributed by atoms with van der Waals surface area (Å²) in [7, 11) is -3.27. The summed E-state index contributed by atoms with van der Waals surface area (Å²) in [5.74, 6) is -0.329. The Balaban J connectivity index is 1.51. The average Bonchev–Trinajstić information content (AvgIpc) is 3.37. The molecule has 4 rings (SSSR count). The van der Waals surface area contributed by atoms with Crippen LogP contribution in [0.15, 0.2) is 42.5 Å². The zero-order valence-corrected chi connectivity index (χ0v) is 17.1. The van der Waals surface area contributed by atoms with Gasteiger partial charge in [-0.05, 0) is 55.7 Å². The summed E-state index contributed by atoms with van der Waals surface area (Å²) >= 11 is 0. The molecule has 2 fully saturated rings. The number of hydrogen-bond donors (Lipinski definition) is 1. The highest BCUT2D eigenvalue weighted by molar-refractivity contribution is 7.93. The van der Waals surface area contributed by atoms with Gasteiger partial charge >= 0.3 is 0 Å². The fraction of sp³-hybridized carbons (Fsp3) is 0.350. The van der Waals surface area contributed by atoms with E-state index in [1.807, 2.05) is 4.90 Å². The minimum Gasteiger partial charge on any atom is -0.366 e. The minimum absolute atomic E-state index is 0.0841. The second-order valence-corrected chi connectivity index (χ2v) is 9.41. The van der Waals surface area contributed by atoms with E-state index in [1.54, 1.807) is 36.4 Å². The Morgan fingerprint density at radius 2 is 1.70 bits per heavy atom. The maximum atomic E-state index is 12.6. The SMILES string of the molecule is O=C(Nc1ccc(N2CCCS2(=O)=O)cc1)c1ccc(N2CCCC2)c([N+](=O)[O-])c1. The van der Waals surface area contributed by atoms with Crippen LogP contribution in [0, 0.1) is 10.1 Å². The molecule has 0 saturated carbocycles. The number of amides is 1. The van der Waals surface area contributed by atoms with Gasteiger partial charge in [0.2, 0.25) is 10.0 Å². The molecular formula is C20H22N4O5S. The van der Waals surface area contributed by atoms with E-state index in [1.165, 1.54) is 10.4 Å². The first-order chi connectivity index (χ1) is 14.3. The second-order valence-electron chi connectivity index (χ2n) is 7.40. The molecule has 0 radical (unpaired) electrons. The van der Waals surface area contributed by atoms with E-state index in [0.717, 1.165) is 25.9 Å². The number of nitrogens with one attached hydrogen (secondary N) is 1. The first kappa shape index (κ1) is 20.1. The largest absolute Gasteiger partial charge is 0.366 e. The van der Waals surface area contributed by atoms with Crippen molar-refractivity contribution >= 4 is 38.7 Å². The molecule has 2 saturated heterocycles. The molecule has 30 heavy (non-hydrogen) atoms. The van der Waals surface area contributed by atoms with Crippen LogP contribution < -0.4 is 14.5 Å². The van der Waals surface area contributed by atoms with E-state index in [2.05, 4.69) is 5.32 Å². The zero-order chi connectivity index (χ0) is 21.3. The number of carbonyl (C=O) groups is 1. The van der Waals surface area contributed by atoms with Crippen LogP contribution in [0.4, 0.5) is 22.7 Å². The van der Waals surface area contributed by atoms with Gasteiger partial charge in [0, 0.05) is 37.0 Å². The van der Waals surface area contributed by atoms with Crippen LogP contribution in [0.2, 0.25) is 0 Å². The van der Waals surface area contributed by atoms with Gasteiger partial charge in [0.05, 0.1) is 16.4 Å². The van der Waals surface area contributed by atoms with Crippen LogP contribution in [-0.2, 0) is 10.0 Å². The molecule has 0 bridgehead atoms. The van der Waals surface area contributed by atoms with Gasteiger partial charge in [-0.1, -0.05) is 0 Å². The standard InChI is InChI=1S/C20H22N4O5S/c25-20(15-4-9-18(19(14-15)24(26)27)22-10-1-2-11-22)21-16-5-7-17(8-6-16)23-12-3-13-30(23,28)29/h4-9,14H,1-3,10-13H2,(H,21,25). The van der Waals surface area contributed by atoms with Crippen molar-refractivity contribution in [3.05, 3.63) is 58.1 Å². The lowest BCUT2D eigenvalue weighted by Gasteiger charge is -2.18. The first-order valence-electron chi connectivity index (χ1n) is 9.80. The van der Waals surface area contributed by atoms with Crippen molar-refractivity contribution in [2.45, 2.75) is 19.3 Å². The summed E-state index contributed by atoms with van der Waals surface area (Å²) < 4.78 is 25.4. The van der Waals surface area contributed by atoms with Gasteiger partial charge in [0.15, 0.2) is 0 Å². The molecule has 9 nitrogen and oxygen atoms in total. The van der Waals surface area contributed by atoms with Gasteiger partial charge in [-0.3, -0.25) is 19.2 Å². The van der Waals surface area contributed by atoms with Crippen molar-refractivity contribution in [2.24, 2.45) is 0 Å². The topological polar surface area (TPSA) is 113 Å². The highest BCUT2D eigenvalue weighted by Crippen LogP contribution is 2.32. The normalized spacial score (nSPS) is 17.9. The van der Waals surface area contributed by atoms with Gasteiger partial charge in [-0.25, -0.2) is 8.42 Å². The molecule has 0 spiro atoms. The summed E-state index contributed by atoms with van der Waals surface area (Å²) in [4.78, 5) is 25.6. The van der Waals surface area contributed by atoms with Crippen molar-refractivity contribution < 1.29 is 18.1 Å². The van der Waals surface area contributed by atoms with Crippen LogP contribution in [0.5, 0.6) is 0 Å². The van der Waals surface area contributed by atoms with E-state index < -0.39 is 20.9 Å². The van der Waals surface area contributed by atoms with Crippen molar-refractivity contribution in [3.63, 3.8) is 0 Å². The van der Waals surface area contributed by atoms with Gasteiger partial charge in [0.25, 0.3) is 11.6 Å². The number of sulfonamides is 1. The second kappa shape index (κ2) is 7.94. The molecule has 10 heteroatoms. The Hall–Kier alpha value is -3.14. The Morgan fingerprint density at radius 1 is 1.00 bits per heavy atom. The molecule has 2 aliphatic heterocycles. The maximum absolute atomic E-state index is 12.6. The average molecular weight is 430 g/mol. The zero-order valence-electron chi connectivity index (χ0n) is 16.3. The molecule has 1 N–H and O–H groups in total. The molecule has 2 heterocycles. The van der Waals surface area contributed by atoms with Crippen molar-refractivity contribution in [1.29, 1.82) is 0 Å². The minimum atomic E-state index is -3.27. The molecule has 0 unspecified atom stereocenters. The Bertz CT molecular complexity index is 1080. The number of nitrogens with zero attached hydrogens (tertiary/aromatic N) is 3. The third kappa shape index (κ3) is 3.95. The Kier molecular flexibility index (Phi) is 5.33. The number of rotatable bonds is 5. The van der Waals surface area contributed by atoms with E-state index in [9.17, 15) is 23.3 Å². The lowest BCUT2D eigenvalue weighted by molar-refractivity contribution is -0.384. The van der Waals surface area contributed by atoms with Gasteiger partial charge in [0.1, 0.15) is 5.69 Å². The smallest absolute Gasteiger partial charge is 0.293 e. The number of anilines is 3. The Labute approximate surface area is 174 Å². The number of hydrogen-bond acceptors (Lipinski definition) is 6. The van der Waals surface area contributed by atoms with E-state index >= 15 is 0 Å². The third-order valence-corrected chi connectivity index (χ3v) is 7.26. The molecule has 0 atom stereocenters. The molecule has 0 aromatic heterocycles. The fourth-order valence-electron chi connectivity index (χ4n) is 3.88. The predicted molar refractivity (Wildman–Crippen MR) is 115 cm³/mol. The lowest BCUT2D eigenvalue weighted by Crippen LogP contribution is -2.25. The van der Waals surface area contributed by atoms with Crippen LogP contribution in [0.25, 0.3) is 0 Å². The summed E-state index contributed by atoms with van der Waals surface area (Å²) in [6.45, 7) is 1.98. The molecule has 2 aromatic rings. The third-order valence-electron chi connectivity index (χ3n) is 5.39. The molecule has 1 amide bonds. The van der Waals surface area contributed by atoms with Crippen LogP contribution >= 0.6 is 0 Å². The van der Waals surface area contributed by atoms with E-state index in [4.69, 9.17) is 0 Å². The van der Waals surface area contributed by atoms with Gasteiger partial charge < -0.3 is 10.2 Å². The van der Waals surface area contributed by atoms with Crippen molar-refractivity contribution in [1.82, 2.24) is 0 Å². The number of nitro groups is 1. The molecule has 0 aliphatic carbocycles. The maximum Gasteiger partial charge on any atom is 0.293 e. The van der Waals surface area contributed by atoms with Gasteiger partial charge in [-0.2, -0.15) is 0 Å². The monoisotopic (exact) mass is 430 g/mol. The highest BCUT2D eigenvalue weighted by atomic mass is 32.2. The summed E-state index contributed by atoms with van der Waals surface area (Å²) in [5.41, 5.74) is 1.67. The van der Waals surface area contributed by atoms with E-state index in [-0.39, 0.29) is 17.0 Å². The van der Waals surface area contributed by atoms with Crippen LogP contribution in [-0.4, -0.2) is 44.6 Å². The molecular weight excluding hydrogens is 408 g/mol. The number of benzene rings is 2. The van der Waals surface area contributed by atoms with Crippen LogP contribution in [0.3, 0.4) is 0 Å². The highest BCUT2D eigenvalue weighted by Gasteiger charge is 2.28. The number of nitro benzene ring substituents is 1. The predicted octanol–water partition coefficient (Wildman–Crippen LogP) is 2.99. The number of carbonyl (C=O) groups excluding carboxylic acids is 1. The first-order valence-corrected chi connectivity index (χ1v) is 11.4. The van der Waals surface area contributed by atoms with Crippen molar-refractivity contribution in [2.75, 3.05) is 39.9 Å². The van der Waals surface area contributed by atoms with Crippen molar-refractivity contribution in [3.8, 4) is 0 Å². The Morgan fingerprint density at radius 3 is 2.30 bits per heavy atom. The molecule has 2 aliphatic rings. The van der Waals surface area contributed by atoms with Crippen LogP contribution in [0.1, 0.15) is 29.6 Å². The quantitative estimate of drug-likeness (QED) is 0.576. The summed E-state index contributed by atoms with van der Waals surface area (Å²) in [6.07, 6.45) is 2.58. The molecule has 2 aromatic carbocycles. The summed E-state index contributed by atoms with van der Waals surface area (Å²) in [5, 5.41) is 14.2. The van der Waals surface area contributed by atoms with Gasteiger partial charge in [-0.15, -0.1) is 0 Å². The summed E-state index contributed by atoms with van der Waals surface area (Å²) in [6, 6.07) is 11.0. The van der Waals surface area contributed by atoms with E-state index in [0.29, 0.717) is 30.0 Å². The fourth-order valence-corrected chi connectivity index (χ4v) is 5.44. The lowest BCUT2D eigenvalue weighted by atomic mass is 10.1.